The molecule has 4 heteroatoms. The second-order valence-electron chi connectivity index (χ2n) is 4.66. The lowest BCUT2D eigenvalue weighted by Gasteiger charge is -2.23. The molecule has 1 fully saturated rings. The number of hydrogen-bond acceptors (Lipinski definition) is 3. The van der Waals surface area contributed by atoms with E-state index >= 15 is 0 Å². The fraction of sp³-hybridized carbons (Fsp3) is 0.800. The van der Waals surface area contributed by atoms with Crippen LogP contribution >= 0.6 is 0 Å². The first kappa shape index (κ1) is 11.0. The van der Waals surface area contributed by atoms with E-state index in [9.17, 15) is 9.59 Å². The van der Waals surface area contributed by atoms with Gasteiger partial charge in [-0.1, -0.05) is 6.92 Å². The summed E-state index contributed by atoms with van der Waals surface area (Å²) in [7, 11) is 0. The van der Waals surface area contributed by atoms with Gasteiger partial charge < -0.3 is 4.74 Å². The molecule has 0 unspecified atom stereocenters. The Morgan fingerprint density at radius 1 is 1.50 bits per heavy atom. The van der Waals surface area contributed by atoms with E-state index in [1.165, 1.54) is 4.90 Å². The van der Waals surface area contributed by atoms with Gasteiger partial charge in [-0.05, 0) is 27.2 Å². The van der Waals surface area contributed by atoms with Crippen molar-refractivity contribution >= 4 is 12.0 Å². The van der Waals surface area contributed by atoms with Crippen molar-refractivity contribution in [2.45, 2.75) is 39.7 Å². The van der Waals surface area contributed by atoms with Gasteiger partial charge in [0.25, 0.3) is 0 Å². The van der Waals surface area contributed by atoms with Crippen molar-refractivity contribution in [3.63, 3.8) is 0 Å². The molecule has 0 N–H and O–H groups in total. The molecule has 1 atom stereocenters. The normalized spacial score (nSPS) is 22.7. The molecule has 0 radical (unpaired) electrons. The summed E-state index contributed by atoms with van der Waals surface area (Å²) in [5.41, 5.74) is -0.539. The number of imide groups is 1. The van der Waals surface area contributed by atoms with Gasteiger partial charge in [0.2, 0.25) is 5.91 Å². The van der Waals surface area contributed by atoms with Crippen LogP contribution in [0.25, 0.3) is 0 Å². The molecule has 0 aromatic carbocycles. The number of hydrogen-bond donors (Lipinski definition) is 0. The number of nitrogens with zero attached hydrogens (tertiary/aromatic N) is 1. The predicted molar refractivity (Wildman–Crippen MR) is 51.7 cm³/mol. The maximum absolute atomic E-state index is 11.5. The molecule has 0 aromatic heterocycles. The third-order valence-corrected chi connectivity index (χ3v) is 2.09. The number of rotatable bonds is 0. The summed E-state index contributed by atoms with van der Waals surface area (Å²) in [4.78, 5) is 24.1. The molecule has 14 heavy (non-hydrogen) atoms. The topological polar surface area (TPSA) is 46.6 Å². The van der Waals surface area contributed by atoms with Crippen molar-refractivity contribution in [3.05, 3.63) is 0 Å². The van der Waals surface area contributed by atoms with Gasteiger partial charge in [0.05, 0.1) is 0 Å². The van der Waals surface area contributed by atoms with Crippen LogP contribution in [0.15, 0.2) is 0 Å². The molecule has 1 saturated heterocycles. The SMILES string of the molecule is C[C@@H]1CCN(C(=O)OC(C)(C)C)C1=O. The summed E-state index contributed by atoms with van der Waals surface area (Å²) in [6, 6.07) is 0. The molecule has 0 spiro atoms. The van der Waals surface area contributed by atoms with E-state index in [1.54, 1.807) is 20.8 Å². The fourth-order valence-electron chi connectivity index (χ4n) is 1.32. The van der Waals surface area contributed by atoms with E-state index in [0.29, 0.717) is 6.54 Å². The minimum absolute atomic E-state index is 0.0532. The highest BCUT2D eigenvalue weighted by atomic mass is 16.6. The van der Waals surface area contributed by atoms with Crippen LogP contribution in [-0.4, -0.2) is 29.0 Å². The van der Waals surface area contributed by atoms with Gasteiger partial charge in [-0.2, -0.15) is 0 Å². The Bertz CT molecular complexity index is 255. The van der Waals surface area contributed by atoms with Crippen LogP contribution in [0.1, 0.15) is 34.1 Å². The van der Waals surface area contributed by atoms with Crippen LogP contribution in [0.2, 0.25) is 0 Å². The van der Waals surface area contributed by atoms with E-state index in [1.807, 2.05) is 6.92 Å². The highest BCUT2D eigenvalue weighted by Crippen LogP contribution is 2.19. The second-order valence-corrected chi connectivity index (χ2v) is 4.66. The minimum atomic E-state index is -0.539. The summed E-state index contributed by atoms with van der Waals surface area (Å²) in [5.74, 6) is -0.179. The summed E-state index contributed by atoms with van der Waals surface area (Å²) >= 11 is 0. The standard InChI is InChI=1S/C10H17NO3/c1-7-5-6-11(8(7)12)9(13)14-10(2,3)4/h7H,5-6H2,1-4H3/t7-/m1/s1. The van der Waals surface area contributed by atoms with Crippen molar-refractivity contribution in [2.75, 3.05) is 6.54 Å². The molecule has 0 aromatic rings. The molecule has 1 aliphatic heterocycles. The first-order valence-electron chi connectivity index (χ1n) is 4.85. The van der Waals surface area contributed by atoms with Gasteiger partial charge in [-0.25, -0.2) is 9.69 Å². The van der Waals surface area contributed by atoms with Gasteiger partial charge in [0.15, 0.2) is 0 Å². The molecule has 1 heterocycles. The van der Waals surface area contributed by atoms with Crippen LogP contribution in [0.5, 0.6) is 0 Å². The number of carbonyl (C=O) groups is 2. The van der Waals surface area contributed by atoms with Gasteiger partial charge in [-0.3, -0.25) is 4.79 Å². The monoisotopic (exact) mass is 199 g/mol. The third-order valence-electron chi connectivity index (χ3n) is 2.09. The van der Waals surface area contributed by atoms with E-state index in [0.717, 1.165) is 6.42 Å². The molecule has 1 rings (SSSR count). The Morgan fingerprint density at radius 2 is 2.07 bits per heavy atom. The first-order valence-corrected chi connectivity index (χ1v) is 4.85. The molecular formula is C10H17NO3. The first-order chi connectivity index (χ1) is 6.31. The summed E-state index contributed by atoms with van der Waals surface area (Å²) in [6.07, 6.45) is 0.213. The Kier molecular flexibility index (Phi) is 2.83. The zero-order valence-electron chi connectivity index (χ0n) is 9.16. The Balaban J connectivity index is 2.59. The van der Waals surface area contributed by atoms with E-state index in [2.05, 4.69) is 0 Å². The number of likely N-dealkylation sites (tertiary alicyclic amines) is 1. The number of ether oxygens (including phenoxy) is 1. The average Bonchev–Trinajstić information content (AvgIpc) is 2.29. The highest BCUT2D eigenvalue weighted by molar-refractivity contribution is 5.94. The second kappa shape index (κ2) is 3.59. The van der Waals surface area contributed by atoms with Crippen molar-refractivity contribution in [3.8, 4) is 0 Å². The smallest absolute Gasteiger partial charge is 0.417 e. The lowest BCUT2D eigenvalue weighted by atomic mass is 10.1. The predicted octanol–water partition coefficient (Wildman–Crippen LogP) is 1.79. The third kappa shape index (κ3) is 2.47. The fourth-order valence-corrected chi connectivity index (χ4v) is 1.32. The average molecular weight is 199 g/mol. The highest BCUT2D eigenvalue weighted by Gasteiger charge is 2.35. The Labute approximate surface area is 84.2 Å². The van der Waals surface area contributed by atoms with Crippen LogP contribution in [0, 0.1) is 5.92 Å². The molecular weight excluding hydrogens is 182 g/mol. The molecule has 2 amide bonds. The van der Waals surface area contributed by atoms with Crippen LogP contribution < -0.4 is 0 Å². The zero-order valence-corrected chi connectivity index (χ0v) is 9.16. The molecule has 0 bridgehead atoms. The van der Waals surface area contributed by atoms with Gasteiger partial charge in [0, 0.05) is 12.5 Å². The Morgan fingerprint density at radius 3 is 2.43 bits per heavy atom. The lowest BCUT2D eigenvalue weighted by molar-refractivity contribution is -0.129. The molecule has 0 aliphatic carbocycles. The molecule has 1 aliphatic rings. The quantitative estimate of drug-likeness (QED) is 0.597. The van der Waals surface area contributed by atoms with Gasteiger partial charge in [-0.15, -0.1) is 0 Å². The minimum Gasteiger partial charge on any atom is -0.443 e. The number of carbonyl (C=O) groups excluding carboxylic acids is 2. The Hall–Kier alpha value is -1.06. The van der Waals surface area contributed by atoms with E-state index < -0.39 is 11.7 Å². The summed E-state index contributed by atoms with van der Waals surface area (Å²) < 4.78 is 5.11. The zero-order chi connectivity index (χ0) is 10.9. The van der Waals surface area contributed by atoms with Crippen molar-refractivity contribution in [1.82, 2.24) is 4.90 Å². The molecule has 4 nitrogen and oxygen atoms in total. The van der Waals surface area contributed by atoms with E-state index in [4.69, 9.17) is 4.74 Å². The summed E-state index contributed by atoms with van der Waals surface area (Å²) in [6.45, 7) is 7.67. The number of amides is 2. The summed E-state index contributed by atoms with van der Waals surface area (Å²) in [5, 5.41) is 0. The largest absolute Gasteiger partial charge is 0.443 e. The van der Waals surface area contributed by atoms with Crippen molar-refractivity contribution < 1.29 is 14.3 Å². The van der Waals surface area contributed by atoms with Crippen molar-refractivity contribution in [2.24, 2.45) is 5.92 Å². The van der Waals surface area contributed by atoms with Crippen molar-refractivity contribution in [1.29, 1.82) is 0 Å². The van der Waals surface area contributed by atoms with Gasteiger partial charge in [0.1, 0.15) is 5.60 Å². The van der Waals surface area contributed by atoms with Crippen LogP contribution in [0.3, 0.4) is 0 Å². The van der Waals surface area contributed by atoms with Gasteiger partial charge >= 0.3 is 6.09 Å². The van der Waals surface area contributed by atoms with E-state index in [-0.39, 0.29) is 11.8 Å². The maximum atomic E-state index is 11.5. The van der Waals surface area contributed by atoms with Crippen LogP contribution in [0.4, 0.5) is 4.79 Å². The lowest BCUT2D eigenvalue weighted by Crippen LogP contribution is -2.38. The maximum Gasteiger partial charge on any atom is 0.417 e. The molecule has 0 saturated carbocycles. The van der Waals surface area contributed by atoms with Crippen LogP contribution in [-0.2, 0) is 9.53 Å². The molecule has 80 valence electrons.